The number of anilines is 2. The summed E-state index contributed by atoms with van der Waals surface area (Å²) in [6.45, 7) is 0. The SMILES string of the molecule is Cl.Nc1ncc(-c2ccc3cn[nH]c3c2)c(N)n1. The molecule has 0 saturated carbocycles. The third-order valence-electron chi connectivity index (χ3n) is 2.59. The standard InChI is InChI=1S/C11H10N6.ClH/c12-10-8(5-14-11(13)16-10)6-1-2-7-4-15-17-9(7)3-6;/h1-5H,(H,15,17)(H4,12,13,14,16);1H. The molecule has 7 heteroatoms. The first-order valence-electron chi connectivity index (χ1n) is 5.05. The fraction of sp³-hybridized carbons (Fsp3) is 0. The second-order valence-electron chi connectivity index (χ2n) is 3.70. The van der Waals surface area contributed by atoms with Crippen molar-refractivity contribution < 1.29 is 0 Å². The van der Waals surface area contributed by atoms with Crippen molar-refractivity contribution in [3.63, 3.8) is 0 Å². The molecule has 3 aromatic rings. The molecule has 0 fully saturated rings. The molecule has 3 rings (SSSR count). The molecule has 92 valence electrons. The van der Waals surface area contributed by atoms with Crippen LogP contribution in [0.3, 0.4) is 0 Å². The third kappa shape index (κ3) is 1.93. The molecule has 0 radical (unpaired) electrons. The van der Waals surface area contributed by atoms with Crippen molar-refractivity contribution in [3.05, 3.63) is 30.6 Å². The number of hydrogen-bond acceptors (Lipinski definition) is 5. The number of nitrogen functional groups attached to an aromatic ring is 2. The van der Waals surface area contributed by atoms with E-state index >= 15 is 0 Å². The average molecular weight is 263 g/mol. The van der Waals surface area contributed by atoms with Gasteiger partial charge in [-0.05, 0) is 11.6 Å². The zero-order valence-electron chi connectivity index (χ0n) is 9.29. The van der Waals surface area contributed by atoms with Gasteiger partial charge in [0.05, 0.1) is 11.7 Å². The second-order valence-corrected chi connectivity index (χ2v) is 3.70. The summed E-state index contributed by atoms with van der Waals surface area (Å²) in [7, 11) is 0. The molecule has 0 bridgehead atoms. The Morgan fingerprint density at radius 2 is 1.94 bits per heavy atom. The molecule has 0 aliphatic carbocycles. The molecule has 0 aliphatic heterocycles. The van der Waals surface area contributed by atoms with Crippen molar-refractivity contribution in [2.24, 2.45) is 0 Å². The Kier molecular flexibility index (Phi) is 3.03. The minimum absolute atomic E-state index is 0. The second kappa shape index (κ2) is 4.50. The molecular formula is C11H11ClN6. The topological polar surface area (TPSA) is 106 Å². The van der Waals surface area contributed by atoms with E-state index in [9.17, 15) is 0 Å². The van der Waals surface area contributed by atoms with E-state index in [1.165, 1.54) is 0 Å². The summed E-state index contributed by atoms with van der Waals surface area (Å²) in [5.41, 5.74) is 13.9. The number of halogens is 1. The first kappa shape index (κ1) is 12.1. The van der Waals surface area contributed by atoms with Crippen molar-refractivity contribution in [2.75, 3.05) is 11.5 Å². The monoisotopic (exact) mass is 262 g/mol. The van der Waals surface area contributed by atoms with Gasteiger partial charge in [-0.25, -0.2) is 4.98 Å². The predicted molar refractivity (Wildman–Crippen MR) is 73.2 cm³/mol. The smallest absolute Gasteiger partial charge is 0.221 e. The molecular weight excluding hydrogens is 252 g/mol. The Labute approximate surface area is 109 Å². The van der Waals surface area contributed by atoms with Crippen LogP contribution in [0, 0.1) is 0 Å². The average Bonchev–Trinajstić information content (AvgIpc) is 2.75. The van der Waals surface area contributed by atoms with E-state index in [1.807, 2.05) is 18.2 Å². The number of fused-ring (bicyclic) bond motifs is 1. The maximum atomic E-state index is 5.82. The number of nitrogens with zero attached hydrogens (tertiary/aromatic N) is 3. The maximum absolute atomic E-state index is 5.82. The summed E-state index contributed by atoms with van der Waals surface area (Å²) in [6.07, 6.45) is 3.39. The molecule has 18 heavy (non-hydrogen) atoms. The zero-order chi connectivity index (χ0) is 11.8. The van der Waals surface area contributed by atoms with Gasteiger partial charge in [0.1, 0.15) is 5.82 Å². The van der Waals surface area contributed by atoms with Crippen LogP contribution in [0.4, 0.5) is 11.8 Å². The van der Waals surface area contributed by atoms with Gasteiger partial charge in [-0.2, -0.15) is 10.1 Å². The largest absolute Gasteiger partial charge is 0.383 e. The van der Waals surface area contributed by atoms with Crippen LogP contribution in [0.25, 0.3) is 22.0 Å². The summed E-state index contributed by atoms with van der Waals surface area (Å²) in [5, 5.41) is 7.91. The van der Waals surface area contributed by atoms with Crippen molar-refractivity contribution in [1.82, 2.24) is 20.2 Å². The lowest BCUT2D eigenvalue weighted by atomic mass is 10.1. The Morgan fingerprint density at radius 3 is 2.72 bits per heavy atom. The molecule has 0 atom stereocenters. The normalized spacial score (nSPS) is 10.2. The van der Waals surface area contributed by atoms with Crippen LogP contribution < -0.4 is 11.5 Å². The van der Waals surface area contributed by atoms with E-state index in [1.54, 1.807) is 12.4 Å². The van der Waals surface area contributed by atoms with E-state index in [0.29, 0.717) is 5.82 Å². The number of aromatic amines is 1. The third-order valence-corrected chi connectivity index (χ3v) is 2.59. The van der Waals surface area contributed by atoms with Gasteiger partial charge in [0.2, 0.25) is 5.95 Å². The first-order chi connectivity index (χ1) is 8.24. The van der Waals surface area contributed by atoms with Crippen LogP contribution >= 0.6 is 12.4 Å². The number of nitrogens with two attached hydrogens (primary N) is 2. The summed E-state index contributed by atoms with van der Waals surface area (Å²) in [5.74, 6) is 0.547. The van der Waals surface area contributed by atoms with E-state index in [0.717, 1.165) is 22.0 Å². The minimum atomic E-state index is 0. The molecule has 0 amide bonds. The van der Waals surface area contributed by atoms with Crippen molar-refractivity contribution in [3.8, 4) is 11.1 Å². The summed E-state index contributed by atoms with van der Waals surface area (Å²) >= 11 is 0. The highest BCUT2D eigenvalue weighted by atomic mass is 35.5. The first-order valence-corrected chi connectivity index (χ1v) is 5.05. The Morgan fingerprint density at radius 1 is 1.11 bits per heavy atom. The van der Waals surface area contributed by atoms with Gasteiger partial charge in [0.15, 0.2) is 0 Å². The van der Waals surface area contributed by atoms with Gasteiger partial charge in [-0.1, -0.05) is 12.1 Å². The van der Waals surface area contributed by atoms with Crippen molar-refractivity contribution in [2.45, 2.75) is 0 Å². The van der Waals surface area contributed by atoms with E-state index in [4.69, 9.17) is 11.5 Å². The lowest BCUT2D eigenvalue weighted by molar-refractivity contribution is 1.12. The fourth-order valence-corrected chi connectivity index (χ4v) is 1.74. The molecule has 0 unspecified atom stereocenters. The number of aromatic nitrogens is 4. The van der Waals surface area contributed by atoms with Crippen LogP contribution in [0.5, 0.6) is 0 Å². The number of benzene rings is 1. The van der Waals surface area contributed by atoms with E-state index in [2.05, 4.69) is 20.2 Å². The Bertz CT molecular complexity index is 693. The molecule has 0 aliphatic rings. The molecule has 5 N–H and O–H groups in total. The number of H-pyrrole nitrogens is 1. The predicted octanol–water partition coefficient (Wildman–Crippen LogP) is 1.61. The molecule has 1 aromatic carbocycles. The van der Waals surface area contributed by atoms with Gasteiger partial charge >= 0.3 is 0 Å². The van der Waals surface area contributed by atoms with E-state index < -0.39 is 0 Å². The lowest BCUT2D eigenvalue weighted by Gasteiger charge is -2.04. The number of hydrogen-bond donors (Lipinski definition) is 3. The van der Waals surface area contributed by atoms with Gasteiger partial charge < -0.3 is 11.5 Å². The highest BCUT2D eigenvalue weighted by molar-refractivity contribution is 5.86. The van der Waals surface area contributed by atoms with Crippen LogP contribution in [0.15, 0.2) is 30.6 Å². The fourth-order valence-electron chi connectivity index (χ4n) is 1.74. The van der Waals surface area contributed by atoms with Crippen LogP contribution in [-0.2, 0) is 0 Å². The van der Waals surface area contributed by atoms with E-state index in [-0.39, 0.29) is 18.4 Å². The highest BCUT2D eigenvalue weighted by Gasteiger charge is 2.06. The summed E-state index contributed by atoms with van der Waals surface area (Å²) < 4.78 is 0. The Balaban J connectivity index is 0.00000120. The Hall–Kier alpha value is -2.34. The van der Waals surface area contributed by atoms with Gasteiger partial charge in [-0.3, -0.25) is 5.10 Å². The molecule has 2 heterocycles. The zero-order valence-corrected chi connectivity index (χ0v) is 10.1. The van der Waals surface area contributed by atoms with Crippen LogP contribution in [0.2, 0.25) is 0 Å². The quantitative estimate of drug-likeness (QED) is 0.618. The molecule has 0 saturated heterocycles. The van der Waals surface area contributed by atoms with Crippen molar-refractivity contribution >= 4 is 35.1 Å². The van der Waals surface area contributed by atoms with Crippen LogP contribution in [-0.4, -0.2) is 20.2 Å². The summed E-state index contributed by atoms with van der Waals surface area (Å²) in [4.78, 5) is 7.88. The summed E-state index contributed by atoms with van der Waals surface area (Å²) in [6, 6.07) is 5.86. The highest BCUT2D eigenvalue weighted by Crippen LogP contribution is 2.26. The molecule has 0 spiro atoms. The van der Waals surface area contributed by atoms with Gasteiger partial charge in [0, 0.05) is 17.1 Å². The van der Waals surface area contributed by atoms with Gasteiger partial charge in [-0.15, -0.1) is 12.4 Å². The number of nitrogens with one attached hydrogen (secondary N) is 1. The lowest BCUT2D eigenvalue weighted by Crippen LogP contribution is -2.00. The molecule has 6 nitrogen and oxygen atoms in total. The molecule has 2 aromatic heterocycles. The van der Waals surface area contributed by atoms with Crippen LogP contribution in [0.1, 0.15) is 0 Å². The van der Waals surface area contributed by atoms with Gasteiger partial charge in [0.25, 0.3) is 0 Å². The maximum Gasteiger partial charge on any atom is 0.221 e. The number of rotatable bonds is 1. The minimum Gasteiger partial charge on any atom is -0.383 e. The van der Waals surface area contributed by atoms with Crippen molar-refractivity contribution in [1.29, 1.82) is 0 Å².